The minimum Gasteiger partial charge on any atom is -0.382 e. The minimum atomic E-state index is -5.34. The lowest BCUT2D eigenvalue weighted by atomic mass is 10.1. The second-order valence-corrected chi connectivity index (χ2v) is 6.53. The van der Waals surface area contributed by atoms with Crippen molar-refractivity contribution in [2.75, 3.05) is 30.1 Å². The molecule has 0 aliphatic heterocycles. The van der Waals surface area contributed by atoms with Gasteiger partial charge in [-0.25, -0.2) is 9.59 Å². The fourth-order valence-corrected chi connectivity index (χ4v) is 2.87. The van der Waals surface area contributed by atoms with Crippen molar-refractivity contribution in [1.29, 1.82) is 0 Å². The summed E-state index contributed by atoms with van der Waals surface area (Å²) in [5, 5.41) is 0.0806. The first kappa shape index (κ1) is 20.8. The molecular formula is C16H16F3N3O4S. The number of carbonyl (C=O) groups excluding carboxylic acids is 2. The third-order valence-corrected chi connectivity index (χ3v) is 4.58. The molecule has 0 bridgehead atoms. The van der Waals surface area contributed by atoms with Crippen LogP contribution < -0.4 is 16.1 Å². The lowest BCUT2D eigenvalue weighted by Gasteiger charge is -2.19. The number of carbonyl (C=O) groups is 2. The first-order valence-corrected chi connectivity index (χ1v) is 8.78. The molecule has 0 spiro atoms. The number of aromatic nitrogens is 1. The van der Waals surface area contributed by atoms with E-state index in [-0.39, 0.29) is 5.39 Å². The average molecular weight is 403 g/mol. The zero-order valence-electron chi connectivity index (χ0n) is 14.1. The van der Waals surface area contributed by atoms with Gasteiger partial charge >= 0.3 is 18.1 Å². The van der Waals surface area contributed by atoms with E-state index < -0.39 is 29.1 Å². The van der Waals surface area contributed by atoms with Gasteiger partial charge in [-0.15, -0.1) is 11.8 Å². The summed E-state index contributed by atoms with van der Waals surface area (Å²) in [6.45, 7) is 0.526. The van der Waals surface area contributed by atoms with E-state index in [1.54, 1.807) is 30.9 Å². The number of nitrogens with one attached hydrogen (secondary N) is 1. The number of pyridine rings is 1. The van der Waals surface area contributed by atoms with Crippen molar-refractivity contribution in [1.82, 2.24) is 4.98 Å². The number of hydrogen-bond donors (Lipinski definition) is 2. The summed E-state index contributed by atoms with van der Waals surface area (Å²) in [6, 6.07) is 4.85. The molecule has 11 heteroatoms. The highest BCUT2D eigenvalue weighted by atomic mass is 32.2. The van der Waals surface area contributed by atoms with Crippen LogP contribution >= 0.6 is 11.8 Å². The van der Waals surface area contributed by atoms with E-state index in [0.29, 0.717) is 23.6 Å². The number of benzene rings is 1. The lowest BCUT2D eigenvalue weighted by Crippen LogP contribution is -2.30. The summed E-state index contributed by atoms with van der Waals surface area (Å²) < 4.78 is 40.4. The smallest absolute Gasteiger partial charge is 0.382 e. The van der Waals surface area contributed by atoms with Crippen molar-refractivity contribution in [2.24, 2.45) is 5.73 Å². The number of thioether (sulfide) groups is 1. The number of ether oxygens (including phenoxy) is 1. The van der Waals surface area contributed by atoms with E-state index in [4.69, 9.17) is 5.73 Å². The van der Waals surface area contributed by atoms with Gasteiger partial charge in [0.1, 0.15) is 5.56 Å². The molecule has 0 aliphatic rings. The zero-order valence-corrected chi connectivity index (χ0v) is 14.9. The van der Waals surface area contributed by atoms with Crippen LogP contribution in [0.15, 0.2) is 29.2 Å². The molecule has 0 amide bonds. The van der Waals surface area contributed by atoms with E-state index in [0.717, 1.165) is 11.9 Å². The molecule has 2 rings (SSSR count). The first-order valence-electron chi connectivity index (χ1n) is 7.63. The molecule has 0 radical (unpaired) electrons. The highest BCUT2D eigenvalue weighted by molar-refractivity contribution is 7.99. The number of aromatic amines is 1. The Balaban J connectivity index is 2.33. The second-order valence-electron chi connectivity index (χ2n) is 5.46. The number of nitrogens with two attached hydrogens (primary N) is 1. The lowest BCUT2D eigenvalue weighted by molar-refractivity contribution is -0.193. The van der Waals surface area contributed by atoms with Crippen molar-refractivity contribution < 1.29 is 27.5 Å². The Kier molecular flexibility index (Phi) is 6.50. The van der Waals surface area contributed by atoms with Crippen LogP contribution in [0.4, 0.5) is 18.9 Å². The van der Waals surface area contributed by atoms with Gasteiger partial charge in [-0.2, -0.15) is 13.2 Å². The van der Waals surface area contributed by atoms with Crippen LogP contribution in [0.2, 0.25) is 0 Å². The third kappa shape index (κ3) is 5.01. The first-order chi connectivity index (χ1) is 12.6. The average Bonchev–Trinajstić information content (AvgIpc) is 2.61. The largest absolute Gasteiger partial charge is 0.491 e. The quantitative estimate of drug-likeness (QED) is 0.328. The van der Waals surface area contributed by atoms with Crippen LogP contribution in [0.1, 0.15) is 10.4 Å². The summed E-state index contributed by atoms with van der Waals surface area (Å²) in [4.78, 5) is 39.5. The van der Waals surface area contributed by atoms with Gasteiger partial charge in [-0.3, -0.25) is 4.79 Å². The molecule has 2 aromatic rings. The van der Waals surface area contributed by atoms with Crippen LogP contribution in [-0.4, -0.2) is 48.3 Å². The molecule has 1 aromatic heterocycles. The van der Waals surface area contributed by atoms with Crippen molar-refractivity contribution in [3.63, 3.8) is 0 Å². The fraction of sp³-hybridized carbons (Fsp3) is 0.312. The third-order valence-electron chi connectivity index (χ3n) is 3.49. The van der Waals surface area contributed by atoms with E-state index in [9.17, 15) is 27.6 Å². The predicted octanol–water partition coefficient (Wildman–Crippen LogP) is 1.86. The number of hydrogen-bond acceptors (Lipinski definition) is 7. The molecule has 1 aromatic carbocycles. The van der Waals surface area contributed by atoms with Crippen molar-refractivity contribution >= 4 is 40.3 Å². The minimum absolute atomic E-state index is 0.0806. The molecule has 146 valence electrons. The molecule has 0 unspecified atom stereocenters. The molecule has 7 nitrogen and oxygen atoms in total. The van der Waals surface area contributed by atoms with Gasteiger partial charge in [0.15, 0.2) is 0 Å². The number of anilines is 1. The van der Waals surface area contributed by atoms with Crippen LogP contribution in [0.25, 0.3) is 10.9 Å². The molecule has 1 heterocycles. The molecule has 0 atom stereocenters. The summed E-state index contributed by atoms with van der Waals surface area (Å²) in [5.41, 5.74) is 4.94. The maximum Gasteiger partial charge on any atom is 0.491 e. The molecule has 0 fully saturated rings. The number of nitrogens with zero attached hydrogens (tertiary/aromatic N) is 1. The van der Waals surface area contributed by atoms with Gasteiger partial charge in [0, 0.05) is 42.1 Å². The number of halogens is 3. The van der Waals surface area contributed by atoms with Gasteiger partial charge in [-0.1, -0.05) is 0 Å². The zero-order chi connectivity index (χ0) is 20.2. The molecule has 3 N–H and O–H groups in total. The highest BCUT2D eigenvalue weighted by Gasteiger charge is 2.42. The number of H-pyrrole nitrogens is 1. The van der Waals surface area contributed by atoms with E-state index in [2.05, 4.69) is 9.72 Å². The maximum atomic E-state index is 12.5. The number of fused-ring (bicyclic) bond motifs is 1. The fourth-order valence-electron chi connectivity index (χ4n) is 2.15. The topological polar surface area (TPSA) is 105 Å². The van der Waals surface area contributed by atoms with E-state index in [1.807, 2.05) is 4.90 Å². The van der Waals surface area contributed by atoms with Crippen LogP contribution in [0, 0.1) is 0 Å². The van der Waals surface area contributed by atoms with Crippen molar-refractivity contribution in [3.8, 4) is 0 Å². The van der Waals surface area contributed by atoms with Crippen LogP contribution in [-0.2, 0) is 9.53 Å². The standard InChI is InChI=1S/C16H16F3N3O4S/c1-22(8-27-5-4-20)9-2-3-12-10(6-9)13(23)11(7-21-12)14(24)26-15(25)16(17,18)19/h2-3,6-7H,4-5,8,20H2,1H3,(H,21,23). The van der Waals surface area contributed by atoms with Crippen LogP contribution in [0.3, 0.4) is 0 Å². The van der Waals surface area contributed by atoms with Crippen molar-refractivity contribution in [3.05, 3.63) is 40.2 Å². The monoisotopic (exact) mass is 403 g/mol. The van der Waals surface area contributed by atoms with Crippen LogP contribution in [0.5, 0.6) is 0 Å². The predicted molar refractivity (Wildman–Crippen MR) is 95.8 cm³/mol. The Morgan fingerprint density at radius 3 is 2.67 bits per heavy atom. The van der Waals surface area contributed by atoms with Gasteiger partial charge in [0.2, 0.25) is 5.43 Å². The number of esters is 2. The summed E-state index contributed by atoms with van der Waals surface area (Å²) >= 11 is 1.58. The summed E-state index contributed by atoms with van der Waals surface area (Å²) in [5.74, 6) is -3.00. The number of alkyl halides is 3. The second kappa shape index (κ2) is 8.44. The number of rotatable bonds is 6. The Morgan fingerprint density at radius 2 is 2.04 bits per heavy atom. The van der Waals surface area contributed by atoms with Crippen molar-refractivity contribution in [2.45, 2.75) is 6.18 Å². The van der Waals surface area contributed by atoms with Gasteiger partial charge in [0.05, 0.1) is 5.88 Å². The highest BCUT2D eigenvalue weighted by Crippen LogP contribution is 2.21. The Hall–Kier alpha value is -2.53. The molecule has 0 saturated heterocycles. The maximum absolute atomic E-state index is 12.5. The molecule has 0 aliphatic carbocycles. The Bertz CT molecular complexity index is 914. The van der Waals surface area contributed by atoms with E-state index >= 15 is 0 Å². The molecular weight excluding hydrogens is 387 g/mol. The Morgan fingerprint density at radius 1 is 1.33 bits per heavy atom. The van der Waals surface area contributed by atoms with Gasteiger partial charge in [-0.05, 0) is 18.2 Å². The normalized spacial score (nSPS) is 11.4. The summed E-state index contributed by atoms with van der Waals surface area (Å²) in [7, 11) is 1.79. The van der Waals surface area contributed by atoms with Gasteiger partial charge < -0.3 is 20.4 Å². The molecule has 27 heavy (non-hydrogen) atoms. The summed E-state index contributed by atoms with van der Waals surface area (Å²) in [6.07, 6.45) is -4.42. The SMILES string of the molecule is CN(CSCCN)c1ccc2[nH]cc(C(=O)OC(=O)C(F)(F)F)c(=O)c2c1. The van der Waals surface area contributed by atoms with Gasteiger partial charge in [0.25, 0.3) is 0 Å². The molecule has 0 saturated carbocycles. The Labute approximate surface area is 155 Å². The van der Waals surface area contributed by atoms with E-state index in [1.165, 1.54) is 6.07 Å².